The molecule has 17 heteroatoms. The number of benzene rings is 4. The predicted molar refractivity (Wildman–Crippen MR) is 166 cm³/mol. The van der Waals surface area contributed by atoms with Gasteiger partial charge in [0.2, 0.25) is 21.7 Å². The van der Waals surface area contributed by atoms with Crippen LogP contribution in [0.2, 0.25) is 0 Å². The van der Waals surface area contributed by atoms with Crippen LogP contribution in [-0.4, -0.2) is 43.4 Å². The first-order chi connectivity index (χ1) is 23.7. The quantitative estimate of drug-likeness (QED) is 0.0988. The molecule has 0 aliphatic heterocycles. The highest BCUT2D eigenvalue weighted by Crippen LogP contribution is 2.34. The molecule has 0 heterocycles. The molecule has 0 spiro atoms. The van der Waals surface area contributed by atoms with E-state index >= 15 is 0 Å². The van der Waals surface area contributed by atoms with Crippen LogP contribution in [0.15, 0.2) is 59.5 Å². The summed E-state index contributed by atoms with van der Waals surface area (Å²) in [6.45, 7) is 2.08. The van der Waals surface area contributed by atoms with Crippen molar-refractivity contribution in [1.29, 1.82) is 0 Å². The molecule has 0 atom stereocenters. The Morgan fingerprint density at radius 2 is 1.35 bits per heavy atom. The van der Waals surface area contributed by atoms with Crippen LogP contribution in [0.3, 0.4) is 0 Å². The van der Waals surface area contributed by atoms with E-state index in [4.69, 9.17) is 4.74 Å². The Hall–Kier alpha value is -5.03. The second-order valence-electron chi connectivity index (χ2n) is 12.1. The van der Waals surface area contributed by atoms with E-state index in [1.165, 1.54) is 0 Å². The van der Waals surface area contributed by atoms with E-state index in [0.717, 1.165) is 35.8 Å². The van der Waals surface area contributed by atoms with Crippen LogP contribution in [0.25, 0.3) is 0 Å². The van der Waals surface area contributed by atoms with Gasteiger partial charge in [0.15, 0.2) is 28.2 Å². The molecule has 1 amide bonds. The number of hydrogen-bond acceptors (Lipinski definition) is 5. The maximum absolute atomic E-state index is 14.9. The Morgan fingerprint density at radius 3 is 1.88 bits per heavy atom. The summed E-state index contributed by atoms with van der Waals surface area (Å²) in [5.74, 6) is -21.5. The zero-order valence-electron chi connectivity index (χ0n) is 27.1. The molecule has 0 fully saturated rings. The number of carbonyl (C=O) groups excluding carboxylic acids is 1. The lowest BCUT2D eigenvalue weighted by atomic mass is 9.86. The Labute approximate surface area is 286 Å². The summed E-state index contributed by atoms with van der Waals surface area (Å²) in [6, 6.07) is 10.2. The van der Waals surface area contributed by atoms with E-state index in [1.54, 1.807) is 24.3 Å². The van der Waals surface area contributed by atoms with Gasteiger partial charge in [-0.15, -0.1) is 0 Å². The van der Waals surface area contributed by atoms with Gasteiger partial charge in [-0.3, -0.25) is 4.79 Å². The van der Waals surface area contributed by atoms with Crippen LogP contribution in [0.5, 0.6) is 5.75 Å². The summed E-state index contributed by atoms with van der Waals surface area (Å²) in [6.07, 6.45) is 0. The maximum atomic E-state index is 14.9. The SMILES string of the molecule is COc1cc(C(=O)O)ccc1N(Cc1cccc(C(C)(C)C)c1)C(=O)CN(Cc1c(F)cc(F)cc1F)S(=O)(=O)c1c(F)c(F)c(F)c(F)c1F. The lowest BCUT2D eigenvalue weighted by molar-refractivity contribution is -0.119. The molecule has 4 aromatic carbocycles. The van der Waals surface area contributed by atoms with Crippen molar-refractivity contribution in [3.8, 4) is 5.75 Å². The van der Waals surface area contributed by atoms with Crippen molar-refractivity contribution in [2.75, 3.05) is 18.6 Å². The molecule has 0 aliphatic rings. The molecule has 1 N–H and O–H groups in total. The van der Waals surface area contributed by atoms with Crippen LogP contribution in [-0.2, 0) is 33.3 Å². The molecule has 4 rings (SSSR count). The molecule has 0 aromatic heterocycles. The minimum absolute atomic E-state index is 0.132. The number of aromatic carboxylic acids is 1. The van der Waals surface area contributed by atoms with Crippen LogP contribution in [0.4, 0.5) is 40.8 Å². The van der Waals surface area contributed by atoms with E-state index in [0.29, 0.717) is 5.56 Å². The molecule has 4 aromatic rings. The van der Waals surface area contributed by atoms with Crippen molar-refractivity contribution in [1.82, 2.24) is 4.31 Å². The highest BCUT2D eigenvalue weighted by molar-refractivity contribution is 7.89. The number of nitrogens with zero attached hydrogens (tertiary/aromatic N) is 2. The van der Waals surface area contributed by atoms with Crippen LogP contribution in [0.1, 0.15) is 47.8 Å². The number of amides is 1. The smallest absolute Gasteiger partial charge is 0.335 e. The van der Waals surface area contributed by atoms with Gasteiger partial charge in [0.05, 0.1) is 31.5 Å². The minimum Gasteiger partial charge on any atom is -0.495 e. The van der Waals surface area contributed by atoms with Gasteiger partial charge >= 0.3 is 5.97 Å². The molecule has 0 unspecified atom stereocenters. The number of ether oxygens (including phenoxy) is 1. The van der Waals surface area contributed by atoms with Crippen molar-refractivity contribution in [2.24, 2.45) is 0 Å². The predicted octanol–water partition coefficient (Wildman–Crippen LogP) is 7.23. The first kappa shape index (κ1) is 38.8. The minimum atomic E-state index is -6.06. The number of carboxylic acid groups (broad SMARTS) is 1. The number of rotatable bonds is 11. The Bertz CT molecular complexity index is 2090. The fourth-order valence-electron chi connectivity index (χ4n) is 4.96. The van der Waals surface area contributed by atoms with Gasteiger partial charge in [-0.05, 0) is 34.7 Å². The van der Waals surface area contributed by atoms with E-state index in [-0.39, 0.29) is 33.4 Å². The highest BCUT2D eigenvalue weighted by atomic mass is 32.2. The van der Waals surface area contributed by atoms with E-state index in [1.807, 2.05) is 20.8 Å². The highest BCUT2D eigenvalue weighted by Gasteiger charge is 2.39. The fraction of sp³-hybridized carbons (Fsp3) is 0.235. The number of carbonyl (C=O) groups is 2. The molecule has 51 heavy (non-hydrogen) atoms. The number of hydrogen-bond donors (Lipinski definition) is 1. The van der Waals surface area contributed by atoms with E-state index in [9.17, 15) is 58.2 Å². The summed E-state index contributed by atoms with van der Waals surface area (Å²) in [5, 5.41) is 9.47. The van der Waals surface area contributed by atoms with Gasteiger partial charge in [0.1, 0.15) is 23.2 Å². The lowest BCUT2D eigenvalue weighted by Crippen LogP contribution is -2.43. The van der Waals surface area contributed by atoms with E-state index < -0.39 is 104 Å². The topological polar surface area (TPSA) is 104 Å². The van der Waals surface area contributed by atoms with Crippen molar-refractivity contribution < 1.29 is 63.0 Å². The third-order valence-corrected chi connectivity index (χ3v) is 9.48. The maximum Gasteiger partial charge on any atom is 0.335 e. The Balaban J connectivity index is 1.93. The van der Waals surface area contributed by atoms with Crippen molar-refractivity contribution >= 4 is 27.6 Å². The van der Waals surface area contributed by atoms with Crippen molar-refractivity contribution in [3.05, 3.63) is 123 Å². The summed E-state index contributed by atoms with van der Waals surface area (Å²) in [5.41, 5.74) is -0.946. The molecular weight excluding hydrogens is 716 g/mol. The summed E-state index contributed by atoms with van der Waals surface area (Å²) in [4.78, 5) is 24.2. The summed E-state index contributed by atoms with van der Waals surface area (Å²) < 4.78 is 148. The molecular formula is C34H28F8N2O6S. The Morgan fingerprint density at radius 1 is 0.784 bits per heavy atom. The van der Waals surface area contributed by atoms with Crippen LogP contribution in [0, 0.1) is 46.5 Å². The number of halogens is 8. The second-order valence-corrected chi connectivity index (χ2v) is 14.0. The van der Waals surface area contributed by atoms with Crippen LogP contribution < -0.4 is 9.64 Å². The number of anilines is 1. The normalized spacial score (nSPS) is 11.9. The first-order valence-electron chi connectivity index (χ1n) is 14.6. The fourth-order valence-corrected chi connectivity index (χ4v) is 6.43. The molecule has 0 aliphatic carbocycles. The summed E-state index contributed by atoms with van der Waals surface area (Å²) in [7, 11) is -4.94. The molecule has 0 saturated carbocycles. The zero-order valence-corrected chi connectivity index (χ0v) is 27.9. The van der Waals surface area contributed by atoms with Gasteiger partial charge in [-0.2, -0.15) is 4.31 Å². The van der Waals surface area contributed by atoms with Gasteiger partial charge in [-0.1, -0.05) is 45.0 Å². The molecule has 0 bridgehead atoms. The van der Waals surface area contributed by atoms with Gasteiger partial charge in [0, 0.05) is 24.2 Å². The number of sulfonamides is 1. The third kappa shape index (κ3) is 7.99. The van der Waals surface area contributed by atoms with Crippen molar-refractivity contribution in [3.63, 3.8) is 0 Å². The molecule has 0 saturated heterocycles. The first-order valence-corrected chi connectivity index (χ1v) is 16.1. The van der Waals surface area contributed by atoms with Crippen LogP contribution >= 0.6 is 0 Å². The second kappa shape index (κ2) is 14.7. The zero-order chi connectivity index (χ0) is 38.2. The van der Waals surface area contributed by atoms with Crippen molar-refractivity contribution in [2.45, 2.75) is 44.2 Å². The van der Waals surface area contributed by atoms with Gasteiger partial charge in [0.25, 0.3) is 0 Å². The molecule has 272 valence electrons. The molecule has 0 radical (unpaired) electrons. The average Bonchev–Trinajstić information content (AvgIpc) is 3.05. The standard InChI is InChI=1S/C34H28F8N2O6S/c1-34(2,3)19-7-5-6-17(10-19)14-44(24-9-8-18(33(46)47)11-25(24)50-4)26(45)16-43(15-21-22(36)12-20(35)13-23(21)37)51(48,49)32-30(41)28(39)27(38)29(40)31(32)42/h5-13H,14-16H2,1-4H3,(H,46,47). The number of carboxylic acids is 1. The number of methoxy groups -OCH3 is 1. The Kier molecular flexibility index (Phi) is 11.2. The summed E-state index contributed by atoms with van der Waals surface area (Å²) >= 11 is 0. The third-order valence-electron chi connectivity index (χ3n) is 7.67. The molecule has 8 nitrogen and oxygen atoms in total. The van der Waals surface area contributed by atoms with Gasteiger partial charge < -0.3 is 14.7 Å². The van der Waals surface area contributed by atoms with Gasteiger partial charge in [-0.25, -0.2) is 48.3 Å². The largest absolute Gasteiger partial charge is 0.495 e. The van der Waals surface area contributed by atoms with E-state index in [2.05, 4.69) is 0 Å². The average molecular weight is 745 g/mol. The monoisotopic (exact) mass is 744 g/mol. The lowest BCUT2D eigenvalue weighted by Gasteiger charge is -2.29.